The van der Waals surface area contributed by atoms with Crippen molar-refractivity contribution in [3.63, 3.8) is 0 Å². The maximum atomic E-state index is 12.0. The van der Waals surface area contributed by atoms with Gasteiger partial charge in [-0.25, -0.2) is 0 Å². The lowest BCUT2D eigenvalue weighted by Crippen LogP contribution is -2.38. The van der Waals surface area contributed by atoms with Gasteiger partial charge in [0.1, 0.15) is 0 Å². The Bertz CT molecular complexity index is 257. The highest BCUT2D eigenvalue weighted by molar-refractivity contribution is 5.76. The van der Waals surface area contributed by atoms with Crippen molar-refractivity contribution in [2.45, 2.75) is 71.6 Å². The minimum Gasteiger partial charge on any atom is -0.356 e. The third kappa shape index (κ3) is 6.42. The molecule has 112 valence electrons. The van der Waals surface area contributed by atoms with Crippen LogP contribution in [0.4, 0.5) is 0 Å². The summed E-state index contributed by atoms with van der Waals surface area (Å²) in [7, 11) is 0. The minimum atomic E-state index is 0.0975. The molecule has 0 unspecified atom stereocenters. The topological polar surface area (TPSA) is 55.1 Å². The van der Waals surface area contributed by atoms with Gasteiger partial charge in [-0.2, -0.15) is 0 Å². The molecule has 0 aromatic heterocycles. The Morgan fingerprint density at radius 2 is 1.89 bits per heavy atom. The van der Waals surface area contributed by atoms with Crippen molar-refractivity contribution in [1.29, 1.82) is 0 Å². The fourth-order valence-electron chi connectivity index (χ4n) is 3.06. The highest BCUT2D eigenvalue weighted by atomic mass is 16.1. The molecule has 1 rings (SSSR count). The Kier molecular flexibility index (Phi) is 7.44. The van der Waals surface area contributed by atoms with Gasteiger partial charge in [0.15, 0.2) is 0 Å². The number of hydrogen-bond donors (Lipinski definition) is 2. The SMILES string of the molecule is CC(C)CCCCNC(=O)CC1(CN)CCCCC1. The molecule has 3 N–H and O–H groups in total. The Morgan fingerprint density at radius 3 is 2.47 bits per heavy atom. The van der Waals surface area contributed by atoms with Gasteiger partial charge in [0.05, 0.1) is 0 Å². The van der Waals surface area contributed by atoms with Crippen LogP contribution in [0.3, 0.4) is 0 Å². The van der Waals surface area contributed by atoms with Gasteiger partial charge in [0.2, 0.25) is 5.91 Å². The van der Waals surface area contributed by atoms with Crippen LogP contribution >= 0.6 is 0 Å². The molecular weight excluding hydrogens is 236 g/mol. The van der Waals surface area contributed by atoms with E-state index in [9.17, 15) is 4.79 Å². The monoisotopic (exact) mass is 268 g/mol. The predicted molar refractivity (Wildman–Crippen MR) is 80.9 cm³/mol. The zero-order chi connectivity index (χ0) is 14.1. The van der Waals surface area contributed by atoms with Crippen LogP contribution in [-0.4, -0.2) is 19.0 Å². The minimum absolute atomic E-state index is 0.0975. The van der Waals surface area contributed by atoms with Crippen LogP contribution in [0.15, 0.2) is 0 Å². The number of hydrogen-bond acceptors (Lipinski definition) is 2. The molecule has 1 aliphatic carbocycles. The van der Waals surface area contributed by atoms with Crippen molar-refractivity contribution in [3.05, 3.63) is 0 Å². The van der Waals surface area contributed by atoms with Crippen LogP contribution in [0.5, 0.6) is 0 Å². The second-order valence-corrected chi connectivity index (χ2v) is 6.68. The summed E-state index contributed by atoms with van der Waals surface area (Å²) in [5.41, 5.74) is 6.01. The first kappa shape index (κ1) is 16.5. The predicted octanol–water partition coefficient (Wildman–Crippen LogP) is 3.23. The van der Waals surface area contributed by atoms with Crippen molar-refractivity contribution in [2.24, 2.45) is 17.1 Å². The van der Waals surface area contributed by atoms with E-state index in [1.807, 2.05) is 0 Å². The molecule has 0 spiro atoms. The van der Waals surface area contributed by atoms with Gasteiger partial charge < -0.3 is 11.1 Å². The Labute approximate surface area is 118 Å². The summed E-state index contributed by atoms with van der Waals surface area (Å²) in [4.78, 5) is 12.0. The summed E-state index contributed by atoms with van der Waals surface area (Å²) >= 11 is 0. The van der Waals surface area contributed by atoms with E-state index in [2.05, 4.69) is 19.2 Å². The average molecular weight is 268 g/mol. The molecule has 0 bridgehead atoms. The van der Waals surface area contributed by atoms with Crippen LogP contribution in [0.2, 0.25) is 0 Å². The van der Waals surface area contributed by atoms with Crippen LogP contribution in [0.1, 0.15) is 71.6 Å². The van der Waals surface area contributed by atoms with E-state index in [1.165, 1.54) is 32.1 Å². The molecule has 3 heteroatoms. The largest absolute Gasteiger partial charge is 0.356 e. The highest BCUT2D eigenvalue weighted by Gasteiger charge is 2.32. The van der Waals surface area contributed by atoms with Crippen molar-refractivity contribution in [3.8, 4) is 0 Å². The van der Waals surface area contributed by atoms with Gasteiger partial charge in [-0.15, -0.1) is 0 Å². The first-order valence-corrected chi connectivity index (χ1v) is 8.05. The van der Waals surface area contributed by atoms with E-state index < -0.39 is 0 Å². The number of nitrogens with two attached hydrogens (primary N) is 1. The molecule has 0 heterocycles. The third-order valence-electron chi connectivity index (χ3n) is 4.41. The molecular formula is C16H32N2O. The highest BCUT2D eigenvalue weighted by Crippen LogP contribution is 2.38. The quantitative estimate of drug-likeness (QED) is 0.664. The van der Waals surface area contributed by atoms with Crippen LogP contribution in [0.25, 0.3) is 0 Å². The second-order valence-electron chi connectivity index (χ2n) is 6.68. The summed E-state index contributed by atoms with van der Waals surface area (Å²) in [6.07, 6.45) is 10.2. The molecule has 1 saturated carbocycles. The van der Waals surface area contributed by atoms with Gasteiger partial charge in [0.25, 0.3) is 0 Å². The average Bonchev–Trinajstić information content (AvgIpc) is 2.39. The van der Waals surface area contributed by atoms with Gasteiger partial charge in [-0.1, -0.05) is 46.0 Å². The number of unbranched alkanes of at least 4 members (excludes halogenated alkanes) is 1. The normalized spacial score (nSPS) is 18.5. The smallest absolute Gasteiger partial charge is 0.220 e. The van der Waals surface area contributed by atoms with Gasteiger partial charge in [0, 0.05) is 13.0 Å². The second kappa shape index (κ2) is 8.57. The van der Waals surface area contributed by atoms with Crippen molar-refractivity contribution >= 4 is 5.91 Å². The number of amides is 1. The van der Waals surface area contributed by atoms with E-state index in [0.717, 1.165) is 31.7 Å². The molecule has 1 fully saturated rings. The Balaban J connectivity index is 2.18. The molecule has 0 saturated heterocycles. The summed E-state index contributed by atoms with van der Waals surface area (Å²) in [6, 6.07) is 0. The maximum Gasteiger partial charge on any atom is 0.220 e. The fraction of sp³-hybridized carbons (Fsp3) is 0.938. The number of rotatable bonds is 8. The van der Waals surface area contributed by atoms with Gasteiger partial charge in [-0.05, 0) is 37.1 Å². The van der Waals surface area contributed by atoms with Gasteiger partial charge in [-0.3, -0.25) is 4.79 Å². The summed E-state index contributed by atoms with van der Waals surface area (Å²) < 4.78 is 0. The lowest BCUT2D eigenvalue weighted by Gasteiger charge is -2.35. The molecule has 19 heavy (non-hydrogen) atoms. The number of carbonyl (C=O) groups is 1. The Morgan fingerprint density at radius 1 is 1.21 bits per heavy atom. The van der Waals surface area contributed by atoms with E-state index in [0.29, 0.717) is 13.0 Å². The van der Waals surface area contributed by atoms with Crippen molar-refractivity contribution in [1.82, 2.24) is 5.32 Å². The van der Waals surface area contributed by atoms with E-state index in [1.54, 1.807) is 0 Å². The summed E-state index contributed by atoms with van der Waals surface area (Å²) in [5.74, 6) is 0.968. The fourth-order valence-corrected chi connectivity index (χ4v) is 3.06. The lowest BCUT2D eigenvalue weighted by atomic mass is 9.71. The molecule has 1 aliphatic rings. The Hall–Kier alpha value is -0.570. The van der Waals surface area contributed by atoms with E-state index in [4.69, 9.17) is 5.73 Å². The van der Waals surface area contributed by atoms with Crippen molar-refractivity contribution in [2.75, 3.05) is 13.1 Å². The molecule has 0 atom stereocenters. The van der Waals surface area contributed by atoms with E-state index in [-0.39, 0.29) is 11.3 Å². The van der Waals surface area contributed by atoms with E-state index >= 15 is 0 Å². The van der Waals surface area contributed by atoms with Crippen LogP contribution < -0.4 is 11.1 Å². The summed E-state index contributed by atoms with van der Waals surface area (Å²) in [6.45, 7) is 5.97. The molecule has 3 nitrogen and oxygen atoms in total. The first-order valence-electron chi connectivity index (χ1n) is 8.05. The number of carbonyl (C=O) groups excluding carboxylic acids is 1. The maximum absolute atomic E-state index is 12.0. The van der Waals surface area contributed by atoms with Crippen LogP contribution in [0, 0.1) is 11.3 Å². The molecule has 0 aliphatic heterocycles. The van der Waals surface area contributed by atoms with Crippen molar-refractivity contribution < 1.29 is 4.79 Å². The third-order valence-corrected chi connectivity index (χ3v) is 4.41. The first-order chi connectivity index (χ1) is 9.08. The summed E-state index contributed by atoms with van der Waals surface area (Å²) in [5, 5.41) is 3.07. The van der Waals surface area contributed by atoms with Gasteiger partial charge >= 0.3 is 0 Å². The molecule has 0 aromatic rings. The zero-order valence-electron chi connectivity index (χ0n) is 12.8. The standard InChI is InChI=1S/C16H32N2O/c1-14(2)8-4-7-11-18-15(19)12-16(13-17)9-5-3-6-10-16/h14H,3-13,17H2,1-2H3,(H,18,19). The lowest BCUT2D eigenvalue weighted by molar-refractivity contribution is -0.123. The van der Waals surface area contributed by atoms with Crippen LogP contribution in [-0.2, 0) is 4.79 Å². The molecule has 0 aromatic carbocycles. The zero-order valence-corrected chi connectivity index (χ0v) is 12.8. The molecule has 0 radical (unpaired) electrons. The number of nitrogens with one attached hydrogen (secondary N) is 1. The molecule has 1 amide bonds.